The van der Waals surface area contributed by atoms with Crippen molar-refractivity contribution in [1.82, 2.24) is 14.6 Å². The first kappa shape index (κ1) is 13.2. The monoisotopic (exact) mass is 285 g/mol. The van der Waals surface area contributed by atoms with Crippen LogP contribution >= 0.6 is 0 Å². The third-order valence-electron chi connectivity index (χ3n) is 3.40. The molecule has 5 nitrogen and oxygen atoms in total. The lowest BCUT2D eigenvalue weighted by Gasteiger charge is -2.04. The third-order valence-corrected chi connectivity index (χ3v) is 3.40. The van der Waals surface area contributed by atoms with Crippen LogP contribution in [0.1, 0.15) is 21.7 Å². The zero-order valence-corrected chi connectivity index (χ0v) is 11.5. The Morgan fingerprint density at radius 1 is 1.33 bits per heavy atom. The number of aromatic carboxylic acids is 1. The first-order valence-corrected chi connectivity index (χ1v) is 6.33. The number of carbonyl (C=O) groups is 1. The number of aromatic nitrogens is 3. The Morgan fingerprint density at radius 3 is 2.76 bits per heavy atom. The largest absolute Gasteiger partial charge is 0.478 e. The molecule has 0 fully saturated rings. The topological polar surface area (TPSA) is 67.5 Å². The Balaban J connectivity index is 2.33. The fourth-order valence-corrected chi connectivity index (χ4v) is 2.39. The van der Waals surface area contributed by atoms with E-state index in [1.807, 2.05) is 0 Å². The molecule has 0 aliphatic rings. The van der Waals surface area contributed by atoms with Gasteiger partial charge in [-0.15, -0.1) is 0 Å². The number of aryl methyl sites for hydroxylation is 2. The van der Waals surface area contributed by atoms with Crippen molar-refractivity contribution in [2.75, 3.05) is 0 Å². The molecule has 6 heteroatoms. The maximum Gasteiger partial charge on any atom is 0.339 e. The van der Waals surface area contributed by atoms with Crippen molar-refractivity contribution in [1.29, 1.82) is 0 Å². The van der Waals surface area contributed by atoms with Crippen molar-refractivity contribution >= 4 is 11.6 Å². The number of fused-ring (bicyclic) bond motifs is 1. The van der Waals surface area contributed by atoms with Gasteiger partial charge in [-0.05, 0) is 31.5 Å². The minimum absolute atomic E-state index is 0.0933. The molecule has 2 heterocycles. The van der Waals surface area contributed by atoms with Crippen LogP contribution in [0.15, 0.2) is 30.5 Å². The first-order chi connectivity index (χ1) is 9.99. The molecule has 0 unspecified atom stereocenters. The van der Waals surface area contributed by atoms with Gasteiger partial charge in [-0.3, -0.25) is 0 Å². The van der Waals surface area contributed by atoms with E-state index in [2.05, 4.69) is 10.1 Å². The molecule has 21 heavy (non-hydrogen) atoms. The minimum atomic E-state index is -1.05. The summed E-state index contributed by atoms with van der Waals surface area (Å²) in [7, 11) is 0. The predicted molar refractivity (Wildman–Crippen MR) is 74.8 cm³/mol. The lowest BCUT2D eigenvalue weighted by Crippen LogP contribution is -2.07. The van der Waals surface area contributed by atoms with Gasteiger partial charge in [0.25, 0.3) is 0 Å². The molecule has 3 rings (SSSR count). The summed E-state index contributed by atoms with van der Waals surface area (Å²) in [5.41, 5.74) is 3.13. The van der Waals surface area contributed by atoms with Gasteiger partial charge in [0, 0.05) is 11.8 Å². The summed E-state index contributed by atoms with van der Waals surface area (Å²) in [6.07, 6.45) is 1.30. The molecule has 0 spiro atoms. The maximum atomic E-state index is 13.4. The highest BCUT2D eigenvalue weighted by molar-refractivity contribution is 5.89. The Labute approximate surface area is 119 Å². The number of nitrogens with zero attached hydrogens (tertiary/aromatic N) is 3. The van der Waals surface area contributed by atoms with Gasteiger partial charge in [0.05, 0.1) is 17.0 Å². The van der Waals surface area contributed by atoms with E-state index in [-0.39, 0.29) is 11.4 Å². The molecular formula is C15H12FN3O2. The highest BCUT2D eigenvalue weighted by atomic mass is 19.1. The number of hydrogen-bond donors (Lipinski definition) is 1. The van der Waals surface area contributed by atoms with Crippen LogP contribution in [0.25, 0.3) is 16.8 Å². The Bertz CT molecular complexity index is 871. The van der Waals surface area contributed by atoms with Crippen LogP contribution < -0.4 is 0 Å². The Kier molecular flexibility index (Phi) is 2.94. The third kappa shape index (κ3) is 2.05. The van der Waals surface area contributed by atoms with Crippen LogP contribution in [0, 0.1) is 19.7 Å². The summed E-state index contributed by atoms with van der Waals surface area (Å²) in [4.78, 5) is 15.3. The fraction of sp³-hybridized carbons (Fsp3) is 0.133. The first-order valence-electron chi connectivity index (χ1n) is 6.33. The standard InChI is InChI=1S/C15H12FN3O2/c1-8-13(10-4-3-5-11(16)6-10)14-17-7-12(15(20)21)9(2)19(14)18-8/h3-7H,1-2H3,(H,20,21). The highest BCUT2D eigenvalue weighted by Gasteiger charge is 2.18. The number of carboxylic acid groups (broad SMARTS) is 1. The second-order valence-corrected chi connectivity index (χ2v) is 4.77. The van der Waals surface area contributed by atoms with E-state index in [4.69, 9.17) is 5.11 Å². The molecular weight excluding hydrogens is 273 g/mol. The Hall–Kier alpha value is -2.76. The zero-order chi connectivity index (χ0) is 15.1. The number of rotatable bonds is 2. The van der Waals surface area contributed by atoms with Gasteiger partial charge in [-0.2, -0.15) is 5.10 Å². The highest BCUT2D eigenvalue weighted by Crippen LogP contribution is 2.28. The molecule has 0 saturated heterocycles. The second-order valence-electron chi connectivity index (χ2n) is 4.77. The van der Waals surface area contributed by atoms with Gasteiger partial charge < -0.3 is 5.11 Å². The molecule has 1 N–H and O–H groups in total. The van der Waals surface area contributed by atoms with Gasteiger partial charge in [-0.1, -0.05) is 12.1 Å². The van der Waals surface area contributed by atoms with Crippen LogP contribution in [0.2, 0.25) is 0 Å². The lowest BCUT2D eigenvalue weighted by molar-refractivity contribution is 0.0695. The predicted octanol–water partition coefficient (Wildman–Crippen LogP) is 2.85. The minimum Gasteiger partial charge on any atom is -0.478 e. The smallest absolute Gasteiger partial charge is 0.339 e. The van der Waals surface area contributed by atoms with E-state index in [9.17, 15) is 9.18 Å². The Morgan fingerprint density at radius 2 is 2.10 bits per heavy atom. The lowest BCUT2D eigenvalue weighted by atomic mass is 10.1. The van der Waals surface area contributed by atoms with Gasteiger partial charge in [0.2, 0.25) is 0 Å². The van der Waals surface area contributed by atoms with E-state index in [0.29, 0.717) is 28.2 Å². The molecule has 0 aliphatic carbocycles. The number of benzene rings is 1. The van der Waals surface area contributed by atoms with Gasteiger partial charge in [0.15, 0.2) is 5.65 Å². The van der Waals surface area contributed by atoms with Crippen molar-refractivity contribution in [2.24, 2.45) is 0 Å². The summed E-state index contributed by atoms with van der Waals surface area (Å²) in [5.74, 6) is -1.40. The number of carboxylic acids is 1. The van der Waals surface area contributed by atoms with Crippen molar-refractivity contribution in [3.05, 3.63) is 53.2 Å². The number of hydrogen-bond acceptors (Lipinski definition) is 3. The van der Waals surface area contributed by atoms with Crippen molar-refractivity contribution in [3.63, 3.8) is 0 Å². The van der Waals surface area contributed by atoms with Gasteiger partial charge in [-0.25, -0.2) is 18.7 Å². The van der Waals surface area contributed by atoms with E-state index in [1.54, 1.807) is 26.0 Å². The molecule has 0 atom stereocenters. The van der Waals surface area contributed by atoms with Crippen LogP contribution in [0.3, 0.4) is 0 Å². The molecule has 0 radical (unpaired) electrons. The quantitative estimate of drug-likeness (QED) is 0.786. The summed E-state index contributed by atoms with van der Waals surface area (Å²) >= 11 is 0. The molecule has 106 valence electrons. The second kappa shape index (κ2) is 4.66. The summed E-state index contributed by atoms with van der Waals surface area (Å²) in [6, 6.07) is 6.17. The molecule has 0 bridgehead atoms. The summed E-state index contributed by atoms with van der Waals surface area (Å²) in [5, 5.41) is 13.5. The zero-order valence-electron chi connectivity index (χ0n) is 11.5. The molecule has 1 aromatic carbocycles. The van der Waals surface area contributed by atoms with Crippen LogP contribution in [-0.2, 0) is 0 Å². The van der Waals surface area contributed by atoms with Crippen LogP contribution in [0.4, 0.5) is 4.39 Å². The molecule has 0 saturated carbocycles. The van der Waals surface area contributed by atoms with E-state index in [0.717, 1.165) is 0 Å². The molecule has 0 aliphatic heterocycles. The van der Waals surface area contributed by atoms with Crippen molar-refractivity contribution in [2.45, 2.75) is 13.8 Å². The molecule has 0 amide bonds. The average Bonchev–Trinajstić information content (AvgIpc) is 2.76. The van der Waals surface area contributed by atoms with Gasteiger partial charge >= 0.3 is 5.97 Å². The normalized spacial score (nSPS) is 11.0. The average molecular weight is 285 g/mol. The van der Waals surface area contributed by atoms with Crippen molar-refractivity contribution in [3.8, 4) is 11.1 Å². The molecule has 2 aromatic heterocycles. The van der Waals surface area contributed by atoms with Gasteiger partial charge in [0.1, 0.15) is 5.82 Å². The number of halogens is 1. The molecule has 3 aromatic rings. The fourth-order valence-electron chi connectivity index (χ4n) is 2.39. The van der Waals surface area contributed by atoms with Crippen LogP contribution in [0.5, 0.6) is 0 Å². The van der Waals surface area contributed by atoms with E-state index in [1.165, 1.54) is 22.8 Å². The maximum absolute atomic E-state index is 13.4. The van der Waals surface area contributed by atoms with E-state index < -0.39 is 5.97 Å². The van der Waals surface area contributed by atoms with Crippen molar-refractivity contribution < 1.29 is 14.3 Å². The summed E-state index contributed by atoms with van der Waals surface area (Å²) in [6.45, 7) is 3.45. The SMILES string of the molecule is Cc1nn2c(C)c(C(=O)O)cnc2c1-c1cccc(F)c1. The van der Waals surface area contributed by atoms with Crippen LogP contribution in [-0.4, -0.2) is 25.7 Å². The summed E-state index contributed by atoms with van der Waals surface area (Å²) < 4.78 is 14.9. The van der Waals surface area contributed by atoms with E-state index >= 15 is 0 Å².